The molecule has 0 unspecified atom stereocenters. The van der Waals surface area contributed by atoms with Crippen molar-refractivity contribution in [3.8, 4) is 5.75 Å². The molecule has 0 spiro atoms. The summed E-state index contributed by atoms with van der Waals surface area (Å²) >= 11 is 0. The van der Waals surface area contributed by atoms with Crippen LogP contribution in [0.15, 0.2) is 47.9 Å². The van der Waals surface area contributed by atoms with E-state index in [0.29, 0.717) is 31.3 Å². The summed E-state index contributed by atoms with van der Waals surface area (Å²) in [5.41, 5.74) is 0. The minimum atomic E-state index is -3.48. The number of ether oxygens (including phenoxy) is 1. The normalized spacial score (nSPS) is 15.9. The molecule has 1 aliphatic heterocycles. The molecule has 0 radical (unpaired) electrons. The van der Waals surface area contributed by atoms with Crippen molar-refractivity contribution in [2.75, 3.05) is 26.2 Å². The van der Waals surface area contributed by atoms with Crippen LogP contribution in [0.25, 0.3) is 0 Å². The van der Waals surface area contributed by atoms with Gasteiger partial charge >= 0.3 is 0 Å². The Labute approximate surface area is 171 Å². The Morgan fingerprint density at radius 2 is 1.97 bits per heavy atom. The highest BCUT2D eigenvalue weighted by Crippen LogP contribution is 2.24. The Hall–Kier alpha value is -2.39. The van der Waals surface area contributed by atoms with Crippen LogP contribution in [0.2, 0.25) is 0 Å². The van der Waals surface area contributed by atoms with Crippen LogP contribution in [0, 0.1) is 5.92 Å². The number of sulfonamides is 1. The van der Waals surface area contributed by atoms with Gasteiger partial charge in [-0.1, -0.05) is 6.92 Å². The molecular formula is C20H28N4O4S. The minimum Gasteiger partial charge on any atom is -0.484 e. The van der Waals surface area contributed by atoms with Crippen molar-refractivity contribution in [3.63, 3.8) is 0 Å². The SMILES string of the molecule is CC1CCN(S(=O)(=O)c2ccc(OCC(=O)NCCCn3ccnc3)cc2)CC1. The fraction of sp³-hybridized carbons (Fsp3) is 0.500. The van der Waals surface area contributed by atoms with Crippen LogP contribution in [-0.2, 0) is 21.4 Å². The lowest BCUT2D eigenvalue weighted by Crippen LogP contribution is -2.37. The Bertz CT molecular complexity index is 874. The molecular weight excluding hydrogens is 392 g/mol. The van der Waals surface area contributed by atoms with Gasteiger partial charge in [0.05, 0.1) is 11.2 Å². The van der Waals surface area contributed by atoms with Crippen LogP contribution in [0.1, 0.15) is 26.2 Å². The van der Waals surface area contributed by atoms with Crippen molar-refractivity contribution in [1.29, 1.82) is 0 Å². The quantitative estimate of drug-likeness (QED) is 0.625. The first-order valence-corrected chi connectivity index (χ1v) is 11.3. The van der Waals surface area contributed by atoms with Gasteiger partial charge < -0.3 is 14.6 Å². The zero-order chi connectivity index (χ0) is 20.7. The number of aromatic nitrogens is 2. The molecule has 29 heavy (non-hydrogen) atoms. The first-order valence-electron chi connectivity index (χ1n) is 9.90. The molecule has 1 fully saturated rings. The molecule has 2 heterocycles. The van der Waals surface area contributed by atoms with E-state index in [2.05, 4.69) is 17.2 Å². The monoisotopic (exact) mass is 420 g/mol. The van der Waals surface area contributed by atoms with Crippen LogP contribution in [0.5, 0.6) is 5.75 Å². The Kier molecular flexibility index (Phi) is 7.27. The van der Waals surface area contributed by atoms with Crippen molar-refractivity contribution in [2.24, 2.45) is 5.92 Å². The lowest BCUT2D eigenvalue weighted by molar-refractivity contribution is -0.123. The lowest BCUT2D eigenvalue weighted by Gasteiger charge is -2.29. The molecule has 0 saturated carbocycles. The molecule has 1 aromatic carbocycles. The predicted octanol–water partition coefficient (Wildman–Crippen LogP) is 1.89. The largest absolute Gasteiger partial charge is 0.484 e. The van der Waals surface area contributed by atoms with E-state index in [-0.39, 0.29) is 17.4 Å². The van der Waals surface area contributed by atoms with Crippen molar-refractivity contribution < 1.29 is 17.9 Å². The molecule has 3 rings (SSSR count). The molecule has 0 bridgehead atoms. The molecule has 1 N–H and O–H groups in total. The molecule has 9 heteroatoms. The van der Waals surface area contributed by atoms with Gasteiger partial charge in [-0.3, -0.25) is 4.79 Å². The minimum absolute atomic E-state index is 0.110. The second-order valence-electron chi connectivity index (χ2n) is 7.35. The third-order valence-electron chi connectivity index (χ3n) is 5.05. The molecule has 1 saturated heterocycles. The van der Waals surface area contributed by atoms with E-state index in [1.54, 1.807) is 29.0 Å². The topological polar surface area (TPSA) is 93.5 Å². The second-order valence-corrected chi connectivity index (χ2v) is 9.29. The van der Waals surface area contributed by atoms with Gasteiger partial charge in [-0.05, 0) is 49.4 Å². The zero-order valence-electron chi connectivity index (χ0n) is 16.7. The van der Waals surface area contributed by atoms with Crippen molar-refractivity contribution >= 4 is 15.9 Å². The maximum Gasteiger partial charge on any atom is 0.257 e. The van der Waals surface area contributed by atoms with E-state index in [1.165, 1.54) is 12.1 Å². The van der Waals surface area contributed by atoms with Gasteiger partial charge in [0, 0.05) is 38.6 Å². The van der Waals surface area contributed by atoms with E-state index in [4.69, 9.17) is 4.74 Å². The number of carbonyl (C=O) groups excluding carboxylic acids is 1. The summed E-state index contributed by atoms with van der Waals surface area (Å²) in [5, 5.41) is 2.80. The molecule has 8 nitrogen and oxygen atoms in total. The number of aryl methyl sites for hydroxylation is 1. The predicted molar refractivity (Wildman–Crippen MR) is 109 cm³/mol. The summed E-state index contributed by atoms with van der Waals surface area (Å²) < 4.78 is 34.4. The lowest BCUT2D eigenvalue weighted by atomic mass is 10.0. The highest BCUT2D eigenvalue weighted by Gasteiger charge is 2.27. The summed E-state index contributed by atoms with van der Waals surface area (Å²) in [6.45, 7) is 4.48. The Morgan fingerprint density at radius 3 is 2.62 bits per heavy atom. The number of piperidine rings is 1. The summed E-state index contributed by atoms with van der Waals surface area (Å²) in [6, 6.07) is 6.25. The highest BCUT2D eigenvalue weighted by molar-refractivity contribution is 7.89. The molecule has 1 aliphatic rings. The van der Waals surface area contributed by atoms with Gasteiger partial charge in [0.15, 0.2) is 6.61 Å². The van der Waals surface area contributed by atoms with E-state index >= 15 is 0 Å². The summed E-state index contributed by atoms with van der Waals surface area (Å²) in [7, 11) is -3.48. The average molecular weight is 421 g/mol. The maximum atomic E-state index is 12.7. The number of benzene rings is 1. The number of hydrogen-bond acceptors (Lipinski definition) is 5. The van der Waals surface area contributed by atoms with Crippen molar-refractivity contribution in [1.82, 2.24) is 19.2 Å². The van der Waals surface area contributed by atoms with Gasteiger partial charge in [0.25, 0.3) is 5.91 Å². The number of carbonyl (C=O) groups is 1. The van der Waals surface area contributed by atoms with Crippen molar-refractivity contribution in [3.05, 3.63) is 43.0 Å². The summed E-state index contributed by atoms with van der Waals surface area (Å²) in [5.74, 6) is 0.814. The smallest absolute Gasteiger partial charge is 0.257 e. The Morgan fingerprint density at radius 1 is 1.24 bits per heavy atom. The van der Waals surface area contributed by atoms with Gasteiger partial charge in [-0.2, -0.15) is 4.31 Å². The van der Waals surface area contributed by atoms with Gasteiger partial charge in [0.1, 0.15) is 5.75 Å². The fourth-order valence-corrected chi connectivity index (χ4v) is 4.66. The van der Waals surface area contributed by atoms with E-state index in [0.717, 1.165) is 25.8 Å². The summed E-state index contributed by atoms with van der Waals surface area (Å²) in [4.78, 5) is 16.1. The van der Waals surface area contributed by atoms with Crippen LogP contribution in [0.3, 0.4) is 0 Å². The zero-order valence-corrected chi connectivity index (χ0v) is 17.5. The second kappa shape index (κ2) is 9.89. The van der Waals surface area contributed by atoms with E-state index < -0.39 is 10.0 Å². The number of amides is 1. The molecule has 1 aromatic heterocycles. The number of nitrogens with zero attached hydrogens (tertiary/aromatic N) is 3. The third kappa shape index (κ3) is 6.04. The molecule has 0 aliphatic carbocycles. The number of imidazole rings is 1. The van der Waals surface area contributed by atoms with Crippen LogP contribution < -0.4 is 10.1 Å². The average Bonchev–Trinajstić information content (AvgIpc) is 3.24. The number of rotatable bonds is 9. The van der Waals surface area contributed by atoms with Crippen LogP contribution in [0.4, 0.5) is 0 Å². The first kappa shape index (κ1) is 21.3. The highest BCUT2D eigenvalue weighted by atomic mass is 32.2. The van der Waals surface area contributed by atoms with E-state index in [1.807, 2.05) is 10.8 Å². The van der Waals surface area contributed by atoms with Gasteiger partial charge in [-0.15, -0.1) is 0 Å². The van der Waals surface area contributed by atoms with E-state index in [9.17, 15) is 13.2 Å². The first-order chi connectivity index (χ1) is 13.9. The molecule has 1 amide bonds. The maximum absolute atomic E-state index is 12.7. The molecule has 0 atom stereocenters. The molecule has 158 valence electrons. The van der Waals surface area contributed by atoms with Gasteiger partial charge in [0.2, 0.25) is 10.0 Å². The fourth-order valence-electron chi connectivity index (χ4n) is 3.19. The number of nitrogens with one attached hydrogen (secondary N) is 1. The van der Waals surface area contributed by atoms with Gasteiger partial charge in [-0.25, -0.2) is 13.4 Å². The molecule has 2 aromatic rings. The van der Waals surface area contributed by atoms with Crippen LogP contribution >= 0.6 is 0 Å². The van der Waals surface area contributed by atoms with Crippen LogP contribution in [-0.4, -0.2) is 54.4 Å². The standard InChI is InChI=1S/C20H28N4O4S/c1-17-7-12-24(13-8-17)29(26,27)19-5-3-18(4-6-19)28-15-20(25)22-9-2-11-23-14-10-21-16-23/h3-6,10,14,16-17H,2,7-9,11-13,15H2,1H3,(H,22,25). The summed E-state index contributed by atoms with van der Waals surface area (Å²) in [6.07, 6.45) is 7.90. The third-order valence-corrected chi connectivity index (χ3v) is 6.96. The van der Waals surface area contributed by atoms with Crippen molar-refractivity contribution in [2.45, 2.75) is 37.6 Å². The Balaban J connectivity index is 1.42. The number of hydrogen-bond donors (Lipinski definition) is 1.